The molecule has 0 radical (unpaired) electrons. The van der Waals surface area contributed by atoms with Gasteiger partial charge in [-0.05, 0) is 0 Å². The molecule has 2 aliphatic heterocycles. The van der Waals surface area contributed by atoms with Gasteiger partial charge in [0.25, 0.3) is 0 Å². The van der Waals surface area contributed by atoms with Gasteiger partial charge in [0.05, 0.1) is 12.6 Å². The SMILES string of the molecule is CN(C)C(=O)NC1CC2=C(C(C=NC(F)F)=CN)CN=C(c3nccs3)N2C1. The Hall–Kier alpha value is -2.82. The highest BCUT2D eigenvalue weighted by atomic mass is 32.1. The van der Waals surface area contributed by atoms with Gasteiger partial charge in [-0.25, -0.2) is 14.8 Å². The fraction of sp³-hybridized carbons (Fsp3) is 0.412. The molecular formula is C17H21F2N7OS. The second-order valence-corrected chi connectivity index (χ2v) is 7.33. The van der Waals surface area contributed by atoms with Crippen LogP contribution in [0.2, 0.25) is 0 Å². The van der Waals surface area contributed by atoms with Crippen LogP contribution in [0.25, 0.3) is 0 Å². The number of hydrogen-bond acceptors (Lipinski definition) is 7. The molecule has 0 aromatic carbocycles. The Labute approximate surface area is 165 Å². The highest BCUT2D eigenvalue weighted by molar-refractivity contribution is 7.11. The molecule has 0 saturated carbocycles. The molecule has 3 rings (SSSR count). The second-order valence-electron chi connectivity index (χ2n) is 6.44. The van der Waals surface area contributed by atoms with Crippen LogP contribution in [0, 0.1) is 0 Å². The highest BCUT2D eigenvalue weighted by Crippen LogP contribution is 2.33. The molecule has 0 spiro atoms. The van der Waals surface area contributed by atoms with Crippen LogP contribution in [0.15, 0.2) is 44.6 Å². The molecule has 1 atom stereocenters. The number of aromatic nitrogens is 1. The van der Waals surface area contributed by atoms with E-state index >= 15 is 0 Å². The first kappa shape index (κ1) is 19.9. The molecule has 8 nitrogen and oxygen atoms in total. The summed E-state index contributed by atoms with van der Waals surface area (Å²) in [6.45, 7) is -2.04. The molecule has 0 bridgehead atoms. The van der Waals surface area contributed by atoms with E-state index < -0.39 is 6.55 Å². The minimum atomic E-state index is -2.81. The number of thiazole rings is 1. The molecule has 0 aliphatic carbocycles. The first-order chi connectivity index (χ1) is 13.4. The van der Waals surface area contributed by atoms with E-state index in [0.717, 1.165) is 16.9 Å². The monoisotopic (exact) mass is 409 g/mol. The summed E-state index contributed by atoms with van der Waals surface area (Å²) in [6, 6.07) is -0.359. The number of halogens is 2. The van der Waals surface area contributed by atoms with Crippen LogP contribution in [0.5, 0.6) is 0 Å². The third-order valence-electron chi connectivity index (χ3n) is 4.37. The van der Waals surface area contributed by atoms with Crippen molar-refractivity contribution in [2.24, 2.45) is 15.7 Å². The van der Waals surface area contributed by atoms with E-state index in [-0.39, 0.29) is 18.6 Å². The van der Waals surface area contributed by atoms with Crippen LogP contribution in [-0.2, 0) is 0 Å². The zero-order valence-electron chi connectivity index (χ0n) is 15.5. The zero-order chi connectivity index (χ0) is 20.3. The lowest BCUT2D eigenvalue weighted by molar-refractivity contribution is 0.160. The van der Waals surface area contributed by atoms with Crippen molar-refractivity contribution < 1.29 is 13.6 Å². The van der Waals surface area contributed by atoms with Gasteiger partial charge in [0.1, 0.15) is 0 Å². The third-order valence-corrected chi connectivity index (χ3v) is 5.14. The summed E-state index contributed by atoms with van der Waals surface area (Å²) in [5, 5.41) is 5.58. The molecule has 11 heteroatoms. The summed E-state index contributed by atoms with van der Waals surface area (Å²) < 4.78 is 25.0. The van der Waals surface area contributed by atoms with Crippen LogP contribution >= 0.6 is 11.3 Å². The minimum Gasteiger partial charge on any atom is -0.404 e. The molecule has 1 aromatic heterocycles. The quantitative estimate of drug-likeness (QED) is 0.570. The number of amidine groups is 1. The lowest BCUT2D eigenvalue weighted by Crippen LogP contribution is -2.43. The van der Waals surface area contributed by atoms with E-state index in [1.54, 1.807) is 20.3 Å². The lowest BCUT2D eigenvalue weighted by Gasteiger charge is -2.28. The van der Waals surface area contributed by atoms with E-state index in [4.69, 9.17) is 5.73 Å². The molecule has 3 heterocycles. The number of amides is 2. The van der Waals surface area contributed by atoms with Crippen LogP contribution in [-0.4, -0.2) is 72.6 Å². The van der Waals surface area contributed by atoms with Crippen LogP contribution < -0.4 is 11.1 Å². The Morgan fingerprint density at radius 2 is 2.32 bits per heavy atom. The number of aliphatic imine (C=N–C) groups is 2. The van der Waals surface area contributed by atoms with Gasteiger partial charge in [-0.1, -0.05) is 0 Å². The maximum absolute atomic E-state index is 12.5. The van der Waals surface area contributed by atoms with Gasteiger partial charge in [-0.15, -0.1) is 11.3 Å². The van der Waals surface area contributed by atoms with Gasteiger partial charge in [0.15, 0.2) is 10.8 Å². The summed E-state index contributed by atoms with van der Waals surface area (Å²) in [6.07, 6.45) is 4.55. The predicted octanol–water partition coefficient (Wildman–Crippen LogP) is 1.64. The van der Waals surface area contributed by atoms with Gasteiger partial charge in [0, 0.05) is 67.9 Å². The molecule has 3 N–H and O–H groups in total. The Kier molecular flexibility index (Phi) is 6.02. The summed E-state index contributed by atoms with van der Waals surface area (Å²) in [5.41, 5.74) is 7.65. The first-order valence-electron chi connectivity index (χ1n) is 8.56. The number of carbonyl (C=O) groups excluding carboxylic acids is 1. The van der Waals surface area contributed by atoms with E-state index in [0.29, 0.717) is 29.9 Å². The largest absolute Gasteiger partial charge is 0.404 e. The number of urea groups is 1. The number of nitrogens with two attached hydrogens (primary N) is 1. The van der Waals surface area contributed by atoms with E-state index in [2.05, 4.69) is 20.3 Å². The summed E-state index contributed by atoms with van der Waals surface area (Å²) in [5.74, 6) is 0.706. The van der Waals surface area contributed by atoms with Crippen molar-refractivity contribution in [1.82, 2.24) is 20.1 Å². The Bertz CT molecular complexity index is 846. The number of fused-ring (bicyclic) bond motifs is 1. The molecule has 1 saturated heterocycles. The van der Waals surface area contributed by atoms with Crippen molar-refractivity contribution >= 4 is 29.4 Å². The number of nitrogens with one attached hydrogen (secondary N) is 1. The van der Waals surface area contributed by atoms with Crippen LogP contribution in [0.4, 0.5) is 13.6 Å². The van der Waals surface area contributed by atoms with Gasteiger partial charge >= 0.3 is 12.6 Å². The number of nitrogens with zero attached hydrogens (tertiary/aromatic N) is 5. The van der Waals surface area contributed by atoms with Crippen LogP contribution in [0.3, 0.4) is 0 Å². The van der Waals surface area contributed by atoms with Crippen molar-refractivity contribution in [3.63, 3.8) is 0 Å². The van der Waals surface area contributed by atoms with Crippen molar-refractivity contribution in [2.45, 2.75) is 19.0 Å². The number of hydrogen-bond donors (Lipinski definition) is 2. The fourth-order valence-corrected chi connectivity index (χ4v) is 3.76. The molecule has 1 aromatic rings. The maximum atomic E-state index is 12.5. The van der Waals surface area contributed by atoms with Crippen molar-refractivity contribution in [2.75, 3.05) is 27.2 Å². The summed E-state index contributed by atoms with van der Waals surface area (Å²) >= 11 is 1.46. The minimum absolute atomic E-state index is 0.158. The van der Waals surface area contributed by atoms with E-state index in [9.17, 15) is 13.6 Å². The van der Waals surface area contributed by atoms with E-state index in [1.807, 2.05) is 10.3 Å². The van der Waals surface area contributed by atoms with Crippen LogP contribution in [0.1, 0.15) is 11.4 Å². The highest BCUT2D eigenvalue weighted by Gasteiger charge is 2.36. The maximum Gasteiger partial charge on any atom is 0.331 e. The van der Waals surface area contributed by atoms with Gasteiger partial charge in [-0.3, -0.25) is 4.99 Å². The molecule has 28 heavy (non-hydrogen) atoms. The molecule has 1 fully saturated rings. The summed E-state index contributed by atoms with van der Waals surface area (Å²) in [7, 11) is 3.34. The number of alkyl halides is 2. The average Bonchev–Trinajstić information content (AvgIpc) is 3.31. The fourth-order valence-electron chi connectivity index (χ4n) is 3.10. The Balaban J connectivity index is 1.94. The predicted molar refractivity (Wildman–Crippen MR) is 105 cm³/mol. The van der Waals surface area contributed by atoms with Gasteiger partial charge in [-0.2, -0.15) is 8.78 Å². The zero-order valence-corrected chi connectivity index (χ0v) is 16.3. The summed E-state index contributed by atoms with van der Waals surface area (Å²) in [4.78, 5) is 27.6. The van der Waals surface area contributed by atoms with Crippen molar-refractivity contribution in [3.05, 3.63) is 39.6 Å². The number of carbonyl (C=O) groups is 1. The normalized spacial score (nSPS) is 20.0. The third kappa shape index (κ3) is 4.19. The van der Waals surface area contributed by atoms with Gasteiger partial charge in [0.2, 0.25) is 0 Å². The molecule has 2 amide bonds. The Morgan fingerprint density at radius 1 is 1.54 bits per heavy atom. The van der Waals surface area contributed by atoms with Crippen molar-refractivity contribution in [3.8, 4) is 0 Å². The molecule has 2 aliphatic rings. The smallest absolute Gasteiger partial charge is 0.331 e. The second kappa shape index (κ2) is 8.46. The lowest BCUT2D eigenvalue weighted by atomic mass is 10.0. The first-order valence-corrected chi connectivity index (χ1v) is 9.44. The molecular weight excluding hydrogens is 388 g/mol. The number of rotatable bonds is 5. The average molecular weight is 409 g/mol. The Morgan fingerprint density at radius 3 is 2.93 bits per heavy atom. The molecule has 1 unspecified atom stereocenters. The standard InChI is InChI=1S/C17H21F2N7OS/c1-25(2)17(27)24-11-5-13-12(10(6-20)7-23-16(18)19)8-22-14(26(13)9-11)15-21-3-4-28-15/h3-4,6-7,11,16H,5,8-9,20H2,1-2H3,(H,24,27). The van der Waals surface area contributed by atoms with Crippen molar-refractivity contribution in [1.29, 1.82) is 0 Å². The van der Waals surface area contributed by atoms with E-state index in [1.165, 1.54) is 22.4 Å². The topological polar surface area (TPSA) is 99.2 Å². The van der Waals surface area contributed by atoms with Gasteiger partial charge < -0.3 is 20.9 Å². The molecule has 150 valence electrons.